The number of imidazole rings is 4. The number of benzene rings is 8. The van der Waals surface area contributed by atoms with E-state index in [0.29, 0.717) is 0 Å². The van der Waals surface area contributed by atoms with E-state index in [0.717, 1.165) is 123 Å². The fraction of sp³-hybridized carbons (Fsp3) is 0.0566. The monoisotopic (exact) mass is 786 g/mol. The van der Waals surface area contributed by atoms with Crippen molar-refractivity contribution < 1.29 is 9.47 Å². The Morgan fingerprint density at radius 3 is 1.26 bits per heavy atom. The smallest absolute Gasteiger partial charge is 0.220 e. The number of para-hydroxylation sites is 8. The molecule has 1 spiro atoms. The van der Waals surface area contributed by atoms with Crippen molar-refractivity contribution >= 4 is 55.7 Å². The number of hydrogen-bond acceptors (Lipinski definition) is 4. The van der Waals surface area contributed by atoms with E-state index < -0.39 is 5.41 Å². The molecule has 0 fully saturated rings. The summed E-state index contributed by atoms with van der Waals surface area (Å²) in [6, 6.07) is 60.0. The van der Waals surface area contributed by atoms with Gasteiger partial charge in [0.2, 0.25) is 11.6 Å². The summed E-state index contributed by atoms with van der Waals surface area (Å²) in [6.45, 7) is 4.25. The van der Waals surface area contributed by atoms with Gasteiger partial charge in [0.05, 0.1) is 60.9 Å². The Kier molecular flexibility index (Phi) is 6.21. The van der Waals surface area contributed by atoms with E-state index in [1.54, 1.807) is 0 Å². The van der Waals surface area contributed by atoms with Gasteiger partial charge in [0.25, 0.3) is 0 Å². The maximum Gasteiger partial charge on any atom is 0.220 e. The highest BCUT2D eigenvalue weighted by Gasteiger charge is 2.50. The molecule has 12 aromatic rings. The van der Waals surface area contributed by atoms with Crippen LogP contribution in [0.1, 0.15) is 33.4 Å². The van der Waals surface area contributed by atoms with E-state index >= 15 is 0 Å². The summed E-state index contributed by atoms with van der Waals surface area (Å²) < 4.78 is 23.1. The SMILES string of the molecule is Cc1cccc2c1nc1n(-c3ccc4c(c3)Oc3cc(-n5c6ccccc6n6c7cccc(C)c7nc56)ccc3C43c4ccccc4Oc4ccccc43)c3ccccc3n21. The van der Waals surface area contributed by atoms with E-state index in [2.05, 4.69) is 190 Å². The molecule has 14 rings (SSSR count). The molecule has 0 radical (unpaired) electrons. The Labute approximate surface area is 348 Å². The molecule has 61 heavy (non-hydrogen) atoms. The molecule has 0 unspecified atom stereocenters. The van der Waals surface area contributed by atoms with Crippen molar-refractivity contribution in [3.8, 4) is 34.4 Å². The molecule has 8 nitrogen and oxygen atoms in total. The summed E-state index contributed by atoms with van der Waals surface area (Å²) in [5.74, 6) is 4.88. The van der Waals surface area contributed by atoms with Crippen molar-refractivity contribution in [2.45, 2.75) is 19.3 Å². The molecule has 0 aliphatic carbocycles. The number of ether oxygens (including phenoxy) is 2. The molecule has 8 heteroatoms. The molecular formula is C53H34N6O2. The van der Waals surface area contributed by atoms with Gasteiger partial charge in [-0.1, -0.05) is 97.1 Å². The summed E-state index contributed by atoms with van der Waals surface area (Å²) in [4.78, 5) is 10.6. The highest BCUT2D eigenvalue weighted by Crippen LogP contribution is 2.61. The zero-order valence-electron chi connectivity index (χ0n) is 33.2. The normalized spacial score (nSPS) is 13.8. The van der Waals surface area contributed by atoms with E-state index in [1.165, 1.54) is 0 Å². The van der Waals surface area contributed by atoms with Gasteiger partial charge in [-0.3, -0.25) is 17.9 Å². The van der Waals surface area contributed by atoms with E-state index in [4.69, 9.17) is 19.4 Å². The molecule has 0 N–H and O–H groups in total. The van der Waals surface area contributed by atoms with Crippen LogP contribution in [0, 0.1) is 13.8 Å². The molecule has 2 aliphatic rings. The number of aromatic nitrogens is 6. The average molecular weight is 787 g/mol. The minimum absolute atomic E-state index is 0.758. The first-order valence-electron chi connectivity index (χ1n) is 20.7. The van der Waals surface area contributed by atoms with Gasteiger partial charge in [0.1, 0.15) is 23.0 Å². The maximum absolute atomic E-state index is 7.29. The lowest BCUT2D eigenvalue weighted by Gasteiger charge is -2.45. The van der Waals surface area contributed by atoms with Gasteiger partial charge in [0.15, 0.2) is 0 Å². The molecule has 0 saturated carbocycles. The summed E-state index contributed by atoms with van der Waals surface area (Å²) >= 11 is 0. The lowest BCUT2D eigenvalue weighted by molar-refractivity contribution is 0.399. The fourth-order valence-corrected chi connectivity index (χ4v) is 10.6. The molecule has 8 aromatic carbocycles. The van der Waals surface area contributed by atoms with Crippen LogP contribution in [0.5, 0.6) is 23.0 Å². The summed E-state index contributed by atoms with van der Waals surface area (Å²) in [7, 11) is 0. The summed E-state index contributed by atoms with van der Waals surface area (Å²) in [5, 5.41) is 0. The maximum atomic E-state index is 7.29. The highest BCUT2D eigenvalue weighted by atomic mass is 16.5. The van der Waals surface area contributed by atoms with E-state index in [9.17, 15) is 0 Å². The van der Waals surface area contributed by atoms with Gasteiger partial charge in [0, 0.05) is 34.4 Å². The number of aryl methyl sites for hydroxylation is 2. The molecule has 4 aromatic heterocycles. The third-order valence-corrected chi connectivity index (χ3v) is 13.1. The molecule has 0 amide bonds. The Bertz CT molecular complexity index is 3630. The third-order valence-electron chi connectivity index (χ3n) is 13.1. The molecule has 2 aliphatic heterocycles. The molecule has 0 bridgehead atoms. The second-order valence-electron chi connectivity index (χ2n) is 16.3. The second-order valence-corrected chi connectivity index (χ2v) is 16.3. The predicted molar refractivity (Wildman–Crippen MR) is 241 cm³/mol. The van der Waals surface area contributed by atoms with E-state index in [-0.39, 0.29) is 0 Å². The number of rotatable bonds is 2. The van der Waals surface area contributed by atoms with Crippen LogP contribution in [0.3, 0.4) is 0 Å². The minimum Gasteiger partial charge on any atom is -0.457 e. The van der Waals surface area contributed by atoms with Crippen LogP contribution in [0.4, 0.5) is 0 Å². The lowest BCUT2D eigenvalue weighted by Crippen LogP contribution is -2.36. The van der Waals surface area contributed by atoms with Gasteiger partial charge in [-0.2, -0.15) is 0 Å². The summed E-state index contributed by atoms with van der Waals surface area (Å²) in [6.07, 6.45) is 0. The average Bonchev–Trinajstić information content (AvgIpc) is 4.04. The predicted octanol–water partition coefficient (Wildman–Crippen LogP) is 12.4. The van der Waals surface area contributed by atoms with Crippen molar-refractivity contribution in [1.82, 2.24) is 27.9 Å². The Balaban J connectivity index is 1.07. The molecule has 288 valence electrons. The van der Waals surface area contributed by atoms with Crippen LogP contribution >= 0.6 is 0 Å². The standard InChI is InChI=1S/C53H34N6O2/c1-31-13-11-21-43-49(31)54-51-56(39-17-5-7-19-41(39)58(43)51)33-25-27-37-47(29-33)61-48-30-34(57-40-18-6-8-20-42(40)59-44-22-12-14-32(2)50(44)55-52(57)59)26-28-38(48)53(37)35-15-3-9-23-45(35)60-46-24-10-4-16-36(46)53/h3-30H,1-2H3. The zero-order valence-corrected chi connectivity index (χ0v) is 33.2. The number of fused-ring (bicyclic) bond motifs is 18. The van der Waals surface area contributed by atoms with Crippen LogP contribution < -0.4 is 9.47 Å². The van der Waals surface area contributed by atoms with Gasteiger partial charge in [-0.05, 0) is 85.6 Å². The van der Waals surface area contributed by atoms with Gasteiger partial charge >= 0.3 is 0 Å². The molecule has 6 heterocycles. The van der Waals surface area contributed by atoms with Crippen molar-refractivity contribution in [2.24, 2.45) is 0 Å². The first-order valence-corrected chi connectivity index (χ1v) is 20.7. The topological polar surface area (TPSA) is 62.9 Å². The van der Waals surface area contributed by atoms with Crippen molar-refractivity contribution in [1.29, 1.82) is 0 Å². The van der Waals surface area contributed by atoms with Gasteiger partial charge < -0.3 is 9.47 Å². The minimum atomic E-state index is -0.758. The van der Waals surface area contributed by atoms with Crippen molar-refractivity contribution in [3.05, 3.63) is 203 Å². The van der Waals surface area contributed by atoms with Gasteiger partial charge in [-0.25, -0.2) is 9.97 Å². The third kappa shape index (κ3) is 4.08. The largest absolute Gasteiger partial charge is 0.457 e. The van der Waals surface area contributed by atoms with Crippen molar-refractivity contribution in [3.63, 3.8) is 0 Å². The van der Waals surface area contributed by atoms with Crippen LogP contribution in [-0.4, -0.2) is 27.9 Å². The Hall–Kier alpha value is -8.10. The zero-order chi connectivity index (χ0) is 40.1. The quantitative estimate of drug-likeness (QED) is 0.175. The molecular weight excluding hydrogens is 753 g/mol. The Morgan fingerprint density at radius 1 is 0.377 bits per heavy atom. The first-order chi connectivity index (χ1) is 30.1. The van der Waals surface area contributed by atoms with Crippen LogP contribution in [0.2, 0.25) is 0 Å². The number of hydrogen-bond donors (Lipinski definition) is 0. The van der Waals surface area contributed by atoms with Gasteiger partial charge in [-0.15, -0.1) is 0 Å². The first kappa shape index (κ1) is 32.8. The van der Waals surface area contributed by atoms with Crippen LogP contribution in [0.25, 0.3) is 67.1 Å². The molecule has 0 saturated heterocycles. The Morgan fingerprint density at radius 2 is 0.770 bits per heavy atom. The summed E-state index contributed by atoms with van der Waals surface area (Å²) in [5.41, 5.74) is 16.1. The fourth-order valence-electron chi connectivity index (χ4n) is 10.6. The van der Waals surface area contributed by atoms with E-state index in [1.807, 2.05) is 12.1 Å². The van der Waals surface area contributed by atoms with Crippen molar-refractivity contribution in [2.75, 3.05) is 0 Å². The van der Waals surface area contributed by atoms with Crippen LogP contribution in [-0.2, 0) is 5.41 Å². The highest BCUT2D eigenvalue weighted by molar-refractivity contribution is 5.95. The number of nitrogens with zero attached hydrogens (tertiary/aromatic N) is 6. The van der Waals surface area contributed by atoms with Crippen LogP contribution in [0.15, 0.2) is 170 Å². The lowest BCUT2D eigenvalue weighted by atomic mass is 9.62. The molecule has 0 atom stereocenters. The second kappa shape index (κ2) is 11.5.